The maximum atomic E-state index is 13.1. The van der Waals surface area contributed by atoms with E-state index in [2.05, 4.69) is 0 Å². The molecule has 0 spiro atoms. The molecule has 3 heterocycles. The first-order chi connectivity index (χ1) is 13.9. The molecule has 1 N–H and O–H groups in total. The molecule has 1 amide bonds. The molecule has 2 atom stereocenters. The highest BCUT2D eigenvalue weighted by Crippen LogP contribution is 2.35. The Balaban J connectivity index is 1.55. The van der Waals surface area contributed by atoms with Crippen molar-refractivity contribution in [1.29, 1.82) is 0 Å². The second kappa shape index (κ2) is 8.00. The van der Waals surface area contributed by atoms with Crippen LogP contribution in [0.4, 0.5) is 0 Å². The largest absolute Gasteiger partial charge is 0.480 e. The molecule has 152 valence electrons. The minimum atomic E-state index is -1.10. The number of likely N-dealkylation sites (tertiary alicyclic amines) is 1. The summed E-state index contributed by atoms with van der Waals surface area (Å²) >= 11 is 5.95. The third kappa shape index (κ3) is 4.06. The van der Waals surface area contributed by atoms with Crippen molar-refractivity contribution in [3.8, 4) is 11.1 Å². The normalized spacial score (nSPS) is 20.2. The first-order valence-electron chi connectivity index (χ1n) is 9.49. The SMILES string of the molecule is O=C(O)COCC(=O)N1C[C@H]2C[C@H](C1)c1ccc(-c3ccc(Cl)cc3)c(=O)n1C2. The number of pyridine rings is 1. The molecule has 29 heavy (non-hydrogen) atoms. The van der Waals surface area contributed by atoms with E-state index >= 15 is 0 Å². The number of amides is 1. The number of carbonyl (C=O) groups is 2. The van der Waals surface area contributed by atoms with Crippen LogP contribution in [0.15, 0.2) is 41.2 Å². The summed E-state index contributed by atoms with van der Waals surface area (Å²) in [4.78, 5) is 37.8. The van der Waals surface area contributed by atoms with Crippen LogP contribution in [0.2, 0.25) is 5.02 Å². The molecule has 2 aliphatic heterocycles. The lowest BCUT2D eigenvalue weighted by atomic mass is 9.82. The average molecular weight is 417 g/mol. The molecule has 1 aromatic heterocycles. The highest BCUT2D eigenvalue weighted by atomic mass is 35.5. The van der Waals surface area contributed by atoms with Crippen LogP contribution in [0, 0.1) is 5.92 Å². The zero-order chi connectivity index (χ0) is 20.5. The molecular formula is C21H21ClN2O5. The third-order valence-corrected chi connectivity index (χ3v) is 5.82. The molecule has 0 unspecified atom stereocenters. The van der Waals surface area contributed by atoms with Gasteiger partial charge in [0.15, 0.2) is 0 Å². The molecule has 2 bridgehead atoms. The van der Waals surface area contributed by atoms with Gasteiger partial charge in [0.1, 0.15) is 13.2 Å². The number of carboxylic acids is 1. The van der Waals surface area contributed by atoms with Gasteiger partial charge < -0.3 is 19.3 Å². The van der Waals surface area contributed by atoms with Gasteiger partial charge in [0.25, 0.3) is 5.56 Å². The van der Waals surface area contributed by atoms with E-state index in [0.717, 1.165) is 17.7 Å². The molecule has 1 fully saturated rings. The van der Waals surface area contributed by atoms with Crippen LogP contribution in [0.1, 0.15) is 18.0 Å². The molecule has 0 radical (unpaired) electrons. The number of carboxylic acid groups (broad SMARTS) is 1. The number of aromatic nitrogens is 1. The first-order valence-corrected chi connectivity index (χ1v) is 9.87. The Kier molecular flexibility index (Phi) is 5.43. The van der Waals surface area contributed by atoms with Gasteiger partial charge in [0.2, 0.25) is 5.91 Å². The van der Waals surface area contributed by atoms with Crippen LogP contribution in [0.5, 0.6) is 0 Å². The van der Waals surface area contributed by atoms with Crippen LogP contribution in [0.3, 0.4) is 0 Å². The standard InChI is InChI=1S/C21H21ClN2O5/c22-16-3-1-14(2-4-16)17-5-6-18-15-7-13(9-24(18)21(17)28)8-23(10-15)19(25)11-29-12-20(26)27/h1-6,13,15H,7-12H2,(H,26,27)/t13-,15-/m1/s1. The van der Waals surface area contributed by atoms with Gasteiger partial charge in [-0.15, -0.1) is 0 Å². The Morgan fingerprint density at radius 1 is 1.07 bits per heavy atom. The van der Waals surface area contributed by atoms with E-state index in [1.54, 1.807) is 17.0 Å². The number of aliphatic carboxylic acids is 1. The monoisotopic (exact) mass is 416 g/mol. The lowest BCUT2D eigenvalue weighted by molar-refractivity contribution is -0.146. The van der Waals surface area contributed by atoms with E-state index < -0.39 is 12.6 Å². The molecule has 0 aliphatic carbocycles. The smallest absolute Gasteiger partial charge is 0.329 e. The van der Waals surface area contributed by atoms with Crippen LogP contribution in [0.25, 0.3) is 11.1 Å². The minimum Gasteiger partial charge on any atom is -0.480 e. The fourth-order valence-electron chi connectivity index (χ4n) is 4.32. The summed E-state index contributed by atoms with van der Waals surface area (Å²) in [6, 6.07) is 11.0. The van der Waals surface area contributed by atoms with Crippen molar-refractivity contribution in [1.82, 2.24) is 9.47 Å². The molecule has 4 rings (SSSR count). The van der Waals surface area contributed by atoms with Crippen LogP contribution in [-0.4, -0.2) is 52.8 Å². The highest BCUT2D eigenvalue weighted by Gasteiger charge is 2.36. The van der Waals surface area contributed by atoms with Crippen LogP contribution in [-0.2, 0) is 20.9 Å². The zero-order valence-corrected chi connectivity index (χ0v) is 16.5. The number of halogens is 1. The highest BCUT2D eigenvalue weighted by molar-refractivity contribution is 6.30. The summed E-state index contributed by atoms with van der Waals surface area (Å²) in [7, 11) is 0. The Morgan fingerprint density at radius 2 is 1.83 bits per heavy atom. The summed E-state index contributed by atoms with van der Waals surface area (Å²) in [5.74, 6) is -1.05. The topological polar surface area (TPSA) is 88.8 Å². The second-order valence-electron chi connectivity index (χ2n) is 7.58. The number of ether oxygens (including phenoxy) is 1. The van der Waals surface area contributed by atoms with Crippen molar-refractivity contribution in [3.63, 3.8) is 0 Å². The van der Waals surface area contributed by atoms with E-state index in [-0.39, 0.29) is 29.9 Å². The molecule has 8 heteroatoms. The van der Waals surface area contributed by atoms with E-state index in [4.69, 9.17) is 21.4 Å². The summed E-state index contributed by atoms with van der Waals surface area (Å²) in [6.07, 6.45) is 0.930. The Hall–Kier alpha value is -2.64. The molecule has 2 aromatic rings. The molecule has 0 saturated carbocycles. The van der Waals surface area contributed by atoms with Gasteiger partial charge in [0.05, 0.1) is 0 Å². The fourth-order valence-corrected chi connectivity index (χ4v) is 4.44. The first kappa shape index (κ1) is 19.7. The molecule has 1 saturated heterocycles. The predicted octanol–water partition coefficient (Wildman–Crippen LogP) is 2.22. The summed E-state index contributed by atoms with van der Waals surface area (Å²) in [6.45, 7) is 0.881. The number of carbonyl (C=O) groups excluding carboxylic acids is 1. The quantitative estimate of drug-likeness (QED) is 0.807. The third-order valence-electron chi connectivity index (χ3n) is 5.56. The number of hydrogen-bond donors (Lipinski definition) is 1. The number of hydrogen-bond acceptors (Lipinski definition) is 4. The van der Waals surface area contributed by atoms with Gasteiger partial charge in [-0.3, -0.25) is 9.59 Å². The number of rotatable bonds is 5. The van der Waals surface area contributed by atoms with Crippen molar-refractivity contribution in [2.75, 3.05) is 26.3 Å². The summed E-state index contributed by atoms with van der Waals surface area (Å²) in [5, 5.41) is 9.26. The van der Waals surface area contributed by atoms with Crippen molar-refractivity contribution < 1.29 is 19.4 Å². The molecular weight excluding hydrogens is 396 g/mol. The van der Waals surface area contributed by atoms with Gasteiger partial charge in [-0.25, -0.2) is 4.79 Å². The summed E-state index contributed by atoms with van der Waals surface area (Å²) in [5.41, 5.74) is 2.38. The maximum absolute atomic E-state index is 13.1. The lowest BCUT2D eigenvalue weighted by Crippen LogP contribution is -2.50. The molecule has 7 nitrogen and oxygen atoms in total. The average Bonchev–Trinajstić information content (AvgIpc) is 2.69. The fraction of sp³-hybridized carbons (Fsp3) is 0.381. The van der Waals surface area contributed by atoms with Crippen molar-refractivity contribution >= 4 is 23.5 Å². The number of piperidine rings is 1. The van der Waals surface area contributed by atoms with Gasteiger partial charge in [-0.1, -0.05) is 23.7 Å². The molecule has 1 aromatic carbocycles. The Morgan fingerprint density at radius 3 is 2.55 bits per heavy atom. The predicted molar refractivity (Wildman–Crippen MR) is 107 cm³/mol. The van der Waals surface area contributed by atoms with Crippen molar-refractivity contribution in [3.05, 3.63) is 57.5 Å². The van der Waals surface area contributed by atoms with Gasteiger partial charge in [-0.05, 0) is 42.2 Å². The van der Waals surface area contributed by atoms with Crippen LogP contribution >= 0.6 is 11.6 Å². The van der Waals surface area contributed by atoms with Crippen molar-refractivity contribution in [2.24, 2.45) is 5.92 Å². The van der Waals surface area contributed by atoms with E-state index in [1.165, 1.54) is 0 Å². The van der Waals surface area contributed by atoms with Gasteiger partial charge in [-0.2, -0.15) is 0 Å². The zero-order valence-electron chi connectivity index (χ0n) is 15.7. The molecule has 2 aliphatic rings. The van der Waals surface area contributed by atoms with Gasteiger partial charge in [0, 0.05) is 41.8 Å². The van der Waals surface area contributed by atoms with Gasteiger partial charge >= 0.3 is 5.97 Å². The second-order valence-corrected chi connectivity index (χ2v) is 8.01. The summed E-state index contributed by atoms with van der Waals surface area (Å²) < 4.78 is 6.78. The number of benzene rings is 1. The van der Waals surface area contributed by atoms with E-state index in [0.29, 0.717) is 30.2 Å². The minimum absolute atomic E-state index is 0.0240. The van der Waals surface area contributed by atoms with E-state index in [9.17, 15) is 14.4 Å². The van der Waals surface area contributed by atoms with Crippen molar-refractivity contribution in [2.45, 2.75) is 18.9 Å². The van der Waals surface area contributed by atoms with E-state index in [1.807, 2.05) is 28.8 Å². The van der Waals surface area contributed by atoms with Crippen LogP contribution < -0.4 is 5.56 Å². The lowest BCUT2D eigenvalue weighted by Gasteiger charge is -2.42. The Bertz CT molecular complexity index is 1000. The number of fused-ring (bicyclic) bond motifs is 4. The Labute approximate surface area is 172 Å². The number of nitrogens with zero attached hydrogens (tertiary/aromatic N) is 2. The maximum Gasteiger partial charge on any atom is 0.329 e.